The first kappa shape index (κ1) is 32.4. The molecule has 0 saturated carbocycles. The van der Waals surface area contributed by atoms with Gasteiger partial charge in [-0.1, -0.05) is 146 Å². The monoisotopic (exact) mass is 742 g/mol. The van der Waals surface area contributed by atoms with E-state index in [-0.39, 0.29) is 0 Å². The van der Waals surface area contributed by atoms with Crippen LogP contribution in [0.25, 0.3) is 93.6 Å². The predicted octanol–water partition coefficient (Wildman–Crippen LogP) is 15.4. The second-order valence-corrected chi connectivity index (χ2v) is 14.9. The zero-order chi connectivity index (χ0) is 38.2. The van der Waals surface area contributed by atoms with Crippen LogP contribution in [0.2, 0.25) is 0 Å². The number of hydrogen-bond acceptors (Lipinski definition) is 3. The van der Waals surface area contributed by atoms with Crippen LogP contribution >= 0.6 is 0 Å². The number of para-hydroxylation sites is 4. The van der Waals surface area contributed by atoms with E-state index in [4.69, 9.17) is 8.83 Å². The van der Waals surface area contributed by atoms with Crippen molar-refractivity contribution in [2.24, 2.45) is 0 Å². The molecule has 272 valence electrons. The van der Waals surface area contributed by atoms with E-state index in [0.717, 1.165) is 88.8 Å². The predicted molar refractivity (Wildman–Crippen MR) is 241 cm³/mol. The Morgan fingerprint density at radius 1 is 0.379 bits per heavy atom. The van der Waals surface area contributed by atoms with E-state index in [9.17, 15) is 0 Å². The highest BCUT2D eigenvalue weighted by atomic mass is 16.3. The van der Waals surface area contributed by atoms with Gasteiger partial charge in [-0.2, -0.15) is 0 Å². The summed E-state index contributed by atoms with van der Waals surface area (Å²) in [5, 5.41) is 7.97. The Balaban J connectivity index is 1.02. The van der Waals surface area contributed by atoms with Crippen LogP contribution in [0.4, 0.5) is 17.1 Å². The molecule has 0 fully saturated rings. The number of benzene rings is 9. The molecule has 0 N–H and O–H groups in total. The maximum Gasteiger partial charge on any atom is 0.213 e. The van der Waals surface area contributed by atoms with E-state index < -0.39 is 0 Å². The molecule has 58 heavy (non-hydrogen) atoms. The highest BCUT2D eigenvalue weighted by Gasteiger charge is 2.23. The summed E-state index contributed by atoms with van der Waals surface area (Å²) < 4.78 is 15.7. The molecule has 0 aliphatic carbocycles. The molecule has 12 aromatic rings. The van der Waals surface area contributed by atoms with Gasteiger partial charge in [0.25, 0.3) is 0 Å². The molecular formula is C54H34N2O2. The number of fused-ring (bicyclic) bond motifs is 9. The van der Waals surface area contributed by atoms with Gasteiger partial charge in [0.1, 0.15) is 11.2 Å². The molecule has 0 radical (unpaired) electrons. The van der Waals surface area contributed by atoms with Gasteiger partial charge in [0.15, 0.2) is 5.58 Å². The average Bonchev–Trinajstić information content (AvgIpc) is 3.96. The third-order valence-electron chi connectivity index (χ3n) is 11.6. The maximum atomic E-state index is 6.76. The van der Waals surface area contributed by atoms with Crippen LogP contribution in [0.5, 0.6) is 0 Å². The Hall–Kier alpha value is -7.82. The highest BCUT2D eigenvalue weighted by Crippen LogP contribution is 2.46. The number of nitrogens with zero attached hydrogens (tertiary/aromatic N) is 2. The summed E-state index contributed by atoms with van der Waals surface area (Å²) >= 11 is 0. The van der Waals surface area contributed by atoms with E-state index in [2.05, 4.69) is 198 Å². The lowest BCUT2D eigenvalue weighted by molar-refractivity contribution is 0.645. The van der Waals surface area contributed by atoms with Crippen molar-refractivity contribution in [2.45, 2.75) is 0 Å². The molecule has 0 atom stereocenters. The van der Waals surface area contributed by atoms with Crippen molar-refractivity contribution in [3.63, 3.8) is 0 Å². The van der Waals surface area contributed by atoms with Crippen LogP contribution in [0, 0.1) is 0 Å². The van der Waals surface area contributed by atoms with E-state index in [1.165, 1.54) is 21.9 Å². The Kier molecular flexibility index (Phi) is 7.20. The van der Waals surface area contributed by atoms with Gasteiger partial charge in [0, 0.05) is 38.3 Å². The number of furan rings is 2. The summed E-state index contributed by atoms with van der Waals surface area (Å²) in [5.41, 5.74) is 13.3. The number of aromatic nitrogens is 1. The molecule has 3 heterocycles. The average molecular weight is 743 g/mol. The fourth-order valence-corrected chi connectivity index (χ4v) is 8.97. The molecule has 4 nitrogen and oxygen atoms in total. The first-order valence-corrected chi connectivity index (χ1v) is 19.7. The molecule has 3 aromatic heterocycles. The van der Waals surface area contributed by atoms with Crippen molar-refractivity contribution in [3.8, 4) is 27.9 Å². The van der Waals surface area contributed by atoms with E-state index in [1.807, 2.05) is 18.2 Å². The quantitative estimate of drug-likeness (QED) is 0.170. The fourth-order valence-electron chi connectivity index (χ4n) is 8.97. The number of anilines is 3. The smallest absolute Gasteiger partial charge is 0.213 e. The molecule has 0 unspecified atom stereocenters. The van der Waals surface area contributed by atoms with Crippen LogP contribution < -0.4 is 4.90 Å². The van der Waals surface area contributed by atoms with E-state index >= 15 is 0 Å². The Labute approximate surface area is 334 Å². The molecule has 0 aliphatic heterocycles. The third kappa shape index (κ3) is 4.95. The van der Waals surface area contributed by atoms with Crippen LogP contribution in [-0.2, 0) is 0 Å². The van der Waals surface area contributed by atoms with Gasteiger partial charge in [-0.05, 0) is 88.3 Å². The molecule has 4 heteroatoms. The first-order valence-electron chi connectivity index (χ1n) is 19.7. The highest BCUT2D eigenvalue weighted by molar-refractivity contribution is 6.20. The largest absolute Gasteiger partial charge is 0.454 e. The zero-order valence-corrected chi connectivity index (χ0v) is 31.3. The van der Waals surface area contributed by atoms with Gasteiger partial charge in [0.2, 0.25) is 5.71 Å². The van der Waals surface area contributed by atoms with Crippen LogP contribution in [0.15, 0.2) is 215 Å². The zero-order valence-electron chi connectivity index (χ0n) is 31.3. The van der Waals surface area contributed by atoms with Crippen LogP contribution in [-0.4, -0.2) is 4.57 Å². The van der Waals surface area contributed by atoms with Gasteiger partial charge >= 0.3 is 0 Å². The summed E-state index contributed by atoms with van der Waals surface area (Å²) in [5.74, 6) is 0. The molecular weight excluding hydrogens is 709 g/mol. The summed E-state index contributed by atoms with van der Waals surface area (Å²) in [6.07, 6.45) is 0. The van der Waals surface area contributed by atoms with Gasteiger partial charge < -0.3 is 13.7 Å². The second kappa shape index (κ2) is 12.9. The van der Waals surface area contributed by atoms with Crippen molar-refractivity contribution in [1.82, 2.24) is 4.57 Å². The van der Waals surface area contributed by atoms with Gasteiger partial charge in [0.05, 0.1) is 22.3 Å². The molecule has 0 amide bonds. The van der Waals surface area contributed by atoms with Gasteiger partial charge in [-0.25, -0.2) is 0 Å². The maximum absolute atomic E-state index is 6.76. The summed E-state index contributed by atoms with van der Waals surface area (Å²) in [7, 11) is 0. The summed E-state index contributed by atoms with van der Waals surface area (Å²) in [6, 6.07) is 73.0. The second-order valence-electron chi connectivity index (χ2n) is 14.9. The van der Waals surface area contributed by atoms with E-state index in [0.29, 0.717) is 0 Å². The van der Waals surface area contributed by atoms with Crippen molar-refractivity contribution in [2.75, 3.05) is 4.90 Å². The Bertz CT molecular complexity index is 3500. The minimum Gasteiger partial charge on any atom is -0.454 e. The Morgan fingerprint density at radius 2 is 1.05 bits per heavy atom. The Morgan fingerprint density at radius 3 is 1.88 bits per heavy atom. The van der Waals surface area contributed by atoms with Crippen LogP contribution in [0.3, 0.4) is 0 Å². The lowest BCUT2D eigenvalue weighted by atomic mass is 9.96. The molecule has 9 aromatic carbocycles. The minimum absolute atomic E-state index is 0.853. The van der Waals surface area contributed by atoms with E-state index in [1.54, 1.807) is 0 Å². The lowest BCUT2D eigenvalue weighted by Crippen LogP contribution is -2.11. The summed E-state index contributed by atoms with van der Waals surface area (Å²) in [4.78, 5) is 2.35. The van der Waals surface area contributed by atoms with Crippen molar-refractivity contribution >= 4 is 82.7 Å². The van der Waals surface area contributed by atoms with Crippen molar-refractivity contribution < 1.29 is 8.83 Å². The first-order chi connectivity index (χ1) is 28.8. The minimum atomic E-state index is 0.853. The summed E-state index contributed by atoms with van der Waals surface area (Å²) in [6.45, 7) is 0. The van der Waals surface area contributed by atoms with Gasteiger partial charge in [-0.15, -0.1) is 0 Å². The van der Waals surface area contributed by atoms with Crippen molar-refractivity contribution in [3.05, 3.63) is 206 Å². The van der Waals surface area contributed by atoms with Crippen LogP contribution in [0.1, 0.15) is 0 Å². The molecule has 12 rings (SSSR count). The standard InChI is InChI=1S/C54H34N2O2/c1-3-14-36(15-4-1)40-32-33-48(42-19-8-7-18-41(40)42)55(49-24-13-22-44-43-20-10-12-25-50(43)57-53(44)49)39-29-26-35(27-30-39)37-28-31-46-51(34-37)58-54-52(46)45-21-9-11-23-47(45)56(54)38-16-5-2-6-17-38/h1-34H. The molecule has 0 aliphatic rings. The molecule has 0 spiro atoms. The van der Waals surface area contributed by atoms with Gasteiger partial charge in [-0.3, -0.25) is 4.57 Å². The lowest BCUT2D eigenvalue weighted by Gasteiger charge is -2.27. The number of rotatable bonds is 6. The SMILES string of the molecule is c1ccc(-c2ccc(N(c3ccc(-c4ccc5c(c4)oc4c5c5ccccc5n4-c4ccccc4)cc3)c3cccc4c3oc3ccccc34)c3ccccc23)cc1. The van der Waals surface area contributed by atoms with Crippen molar-refractivity contribution in [1.29, 1.82) is 0 Å². The normalized spacial score (nSPS) is 11.8. The molecule has 0 bridgehead atoms. The number of hydrogen-bond donors (Lipinski definition) is 0. The third-order valence-corrected chi connectivity index (χ3v) is 11.6. The fraction of sp³-hybridized carbons (Fsp3) is 0. The molecule has 0 saturated heterocycles. The topological polar surface area (TPSA) is 34.5 Å².